The van der Waals surface area contributed by atoms with Crippen LogP contribution in [-0.2, 0) is 9.47 Å². The Kier molecular flexibility index (Phi) is 3.72. The van der Waals surface area contributed by atoms with Gasteiger partial charge in [0, 0.05) is 7.11 Å². The molecule has 1 saturated heterocycles. The fourth-order valence-corrected chi connectivity index (χ4v) is 1.78. The summed E-state index contributed by atoms with van der Waals surface area (Å²) in [6.07, 6.45) is -2.54. The summed E-state index contributed by atoms with van der Waals surface area (Å²) in [6, 6.07) is 0. The molecule has 0 aromatic heterocycles. The van der Waals surface area contributed by atoms with E-state index in [9.17, 15) is 10.2 Å². The molecule has 0 aliphatic carbocycles. The number of aliphatic hydroxyl groups excluding tert-OH is 2. The summed E-state index contributed by atoms with van der Waals surface area (Å²) in [4.78, 5) is 0. The van der Waals surface area contributed by atoms with Crippen molar-refractivity contribution in [2.75, 3.05) is 7.11 Å². The van der Waals surface area contributed by atoms with E-state index in [0.717, 1.165) is 0 Å². The summed E-state index contributed by atoms with van der Waals surface area (Å²) in [5.74, 6) is 0. The molecular formula is C7H13IO4. The zero-order chi connectivity index (χ0) is 9.30. The van der Waals surface area contributed by atoms with Gasteiger partial charge < -0.3 is 19.7 Å². The van der Waals surface area contributed by atoms with Crippen molar-refractivity contribution in [3.05, 3.63) is 0 Å². The maximum absolute atomic E-state index is 9.50. The minimum Gasteiger partial charge on any atom is -0.389 e. The third kappa shape index (κ3) is 1.90. The van der Waals surface area contributed by atoms with E-state index in [2.05, 4.69) is 22.6 Å². The van der Waals surface area contributed by atoms with Gasteiger partial charge in [-0.15, -0.1) is 0 Å². The van der Waals surface area contributed by atoms with E-state index in [4.69, 9.17) is 9.47 Å². The molecule has 72 valence electrons. The first-order valence-electron chi connectivity index (χ1n) is 3.76. The number of halogens is 1. The van der Waals surface area contributed by atoms with E-state index in [-0.39, 0.29) is 10.0 Å². The lowest BCUT2D eigenvalue weighted by molar-refractivity contribution is -0.249. The van der Waals surface area contributed by atoms with Crippen molar-refractivity contribution in [3.63, 3.8) is 0 Å². The van der Waals surface area contributed by atoms with Crippen LogP contribution in [0.2, 0.25) is 0 Å². The first-order chi connectivity index (χ1) is 5.57. The van der Waals surface area contributed by atoms with Gasteiger partial charge >= 0.3 is 0 Å². The van der Waals surface area contributed by atoms with Crippen molar-refractivity contribution in [2.24, 2.45) is 0 Å². The highest BCUT2D eigenvalue weighted by Gasteiger charge is 2.41. The number of alkyl halides is 1. The zero-order valence-corrected chi connectivity index (χ0v) is 9.13. The number of hydrogen-bond acceptors (Lipinski definition) is 4. The number of rotatable bonds is 1. The van der Waals surface area contributed by atoms with Crippen LogP contribution in [0.4, 0.5) is 0 Å². The van der Waals surface area contributed by atoms with E-state index in [1.165, 1.54) is 7.11 Å². The average Bonchev–Trinajstić information content (AvgIpc) is 2.08. The Morgan fingerprint density at radius 2 is 1.92 bits per heavy atom. The van der Waals surface area contributed by atoms with Crippen molar-refractivity contribution < 1.29 is 19.7 Å². The van der Waals surface area contributed by atoms with Gasteiger partial charge in [0.1, 0.15) is 6.10 Å². The Bertz CT molecular complexity index is 150. The third-order valence-corrected chi connectivity index (χ3v) is 3.73. The van der Waals surface area contributed by atoms with Crippen LogP contribution in [0.1, 0.15) is 6.92 Å². The standard InChI is InChI=1S/C7H13IO4/c1-3-4(8)5(9)6(10)7(11-2)12-3/h3-7,9-10H,1-2H3. The summed E-state index contributed by atoms with van der Waals surface area (Å²) in [6.45, 7) is 1.85. The molecule has 0 aromatic rings. The number of ether oxygens (including phenoxy) is 2. The lowest BCUT2D eigenvalue weighted by atomic mass is 10.0. The highest BCUT2D eigenvalue weighted by Crippen LogP contribution is 2.26. The number of aliphatic hydroxyl groups is 2. The van der Waals surface area contributed by atoms with Crippen LogP contribution in [-0.4, -0.2) is 45.8 Å². The van der Waals surface area contributed by atoms with Gasteiger partial charge in [-0.25, -0.2) is 0 Å². The van der Waals surface area contributed by atoms with Crippen molar-refractivity contribution in [1.82, 2.24) is 0 Å². The minimum atomic E-state index is -0.951. The molecule has 0 radical (unpaired) electrons. The summed E-state index contributed by atoms with van der Waals surface area (Å²) < 4.78 is 10.1. The Balaban J connectivity index is 2.63. The van der Waals surface area contributed by atoms with Crippen LogP contribution in [0.3, 0.4) is 0 Å². The number of methoxy groups -OCH3 is 1. The van der Waals surface area contributed by atoms with Gasteiger partial charge in [-0.1, -0.05) is 22.6 Å². The Labute approximate surface area is 85.0 Å². The first kappa shape index (κ1) is 10.6. The molecule has 0 spiro atoms. The third-order valence-electron chi connectivity index (χ3n) is 1.98. The fourth-order valence-electron chi connectivity index (χ4n) is 1.19. The molecule has 12 heavy (non-hydrogen) atoms. The highest BCUT2D eigenvalue weighted by molar-refractivity contribution is 14.1. The van der Waals surface area contributed by atoms with Gasteiger partial charge in [-0.2, -0.15) is 0 Å². The number of hydrogen-bond donors (Lipinski definition) is 2. The van der Waals surface area contributed by atoms with E-state index >= 15 is 0 Å². The molecule has 1 heterocycles. The van der Waals surface area contributed by atoms with Crippen LogP contribution >= 0.6 is 22.6 Å². The normalized spacial score (nSPS) is 49.2. The topological polar surface area (TPSA) is 58.9 Å². The van der Waals surface area contributed by atoms with Gasteiger partial charge in [0.15, 0.2) is 6.29 Å². The highest BCUT2D eigenvalue weighted by atomic mass is 127. The van der Waals surface area contributed by atoms with Gasteiger partial charge in [0.25, 0.3) is 0 Å². The molecule has 0 aromatic carbocycles. The van der Waals surface area contributed by atoms with Gasteiger partial charge in [-0.3, -0.25) is 0 Å². The maximum atomic E-state index is 9.50. The van der Waals surface area contributed by atoms with Gasteiger partial charge in [0.05, 0.1) is 16.1 Å². The van der Waals surface area contributed by atoms with Crippen molar-refractivity contribution in [3.8, 4) is 0 Å². The molecule has 5 unspecified atom stereocenters. The molecule has 0 bridgehead atoms. The molecule has 0 amide bonds. The van der Waals surface area contributed by atoms with Crippen molar-refractivity contribution >= 4 is 22.6 Å². The van der Waals surface area contributed by atoms with Crippen LogP contribution in [0, 0.1) is 0 Å². The Hall–Kier alpha value is 0.570. The summed E-state index contributed by atoms with van der Waals surface area (Å²) >= 11 is 2.06. The molecular weight excluding hydrogens is 275 g/mol. The monoisotopic (exact) mass is 288 g/mol. The van der Waals surface area contributed by atoms with Crippen LogP contribution in [0.15, 0.2) is 0 Å². The molecule has 1 aliphatic rings. The zero-order valence-electron chi connectivity index (χ0n) is 6.98. The van der Waals surface area contributed by atoms with E-state index in [0.29, 0.717) is 0 Å². The van der Waals surface area contributed by atoms with Crippen LogP contribution in [0.25, 0.3) is 0 Å². The lowest BCUT2D eigenvalue weighted by Gasteiger charge is -2.38. The quantitative estimate of drug-likeness (QED) is 0.523. The van der Waals surface area contributed by atoms with E-state index in [1.54, 1.807) is 0 Å². The molecule has 4 nitrogen and oxygen atoms in total. The molecule has 1 aliphatic heterocycles. The van der Waals surface area contributed by atoms with E-state index < -0.39 is 18.5 Å². The SMILES string of the molecule is COC1OC(C)C(I)C(O)C1O. The Morgan fingerprint density at radius 1 is 1.33 bits per heavy atom. The molecule has 0 saturated carbocycles. The minimum absolute atomic E-state index is 0.0935. The van der Waals surface area contributed by atoms with Crippen LogP contribution in [0.5, 0.6) is 0 Å². The van der Waals surface area contributed by atoms with Gasteiger partial charge in [-0.05, 0) is 6.92 Å². The summed E-state index contributed by atoms with van der Waals surface area (Å²) in [7, 11) is 1.45. The summed E-state index contributed by atoms with van der Waals surface area (Å²) in [5, 5.41) is 18.9. The van der Waals surface area contributed by atoms with Crippen molar-refractivity contribution in [2.45, 2.75) is 35.5 Å². The Morgan fingerprint density at radius 3 is 2.42 bits per heavy atom. The van der Waals surface area contributed by atoms with Crippen molar-refractivity contribution in [1.29, 1.82) is 0 Å². The fraction of sp³-hybridized carbons (Fsp3) is 1.00. The smallest absolute Gasteiger partial charge is 0.186 e. The first-order valence-corrected chi connectivity index (χ1v) is 5.01. The molecule has 1 fully saturated rings. The van der Waals surface area contributed by atoms with Crippen LogP contribution < -0.4 is 0 Å². The second kappa shape index (κ2) is 4.19. The maximum Gasteiger partial charge on any atom is 0.186 e. The predicted octanol–water partition coefficient (Wildman–Crippen LogP) is -0.0970. The molecule has 1 rings (SSSR count). The molecule has 5 heteroatoms. The lowest BCUT2D eigenvalue weighted by Crippen LogP contribution is -2.54. The summed E-state index contributed by atoms with van der Waals surface area (Å²) in [5.41, 5.74) is 0. The predicted molar refractivity (Wildman–Crippen MR) is 51.2 cm³/mol. The van der Waals surface area contributed by atoms with E-state index in [1.807, 2.05) is 6.92 Å². The largest absolute Gasteiger partial charge is 0.389 e. The average molecular weight is 288 g/mol. The second-order valence-electron chi connectivity index (χ2n) is 2.87. The molecule has 2 N–H and O–H groups in total. The molecule has 5 atom stereocenters. The second-order valence-corrected chi connectivity index (χ2v) is 4.31. The van der Waals surface area contributed by atoms with Gasteiger partial charge in [0.2, 0.25) is 0 Å².